The molecule has 0 bridgehead atoms. The molecule has 0 saturated carbocycles. The molecule has 0 saturated heterocycles. The number of ether oxygens (including phenoxy) is 1. The van der Waals surface area contributed by atoms with Crippen molar-refractivity contribution in [3.05, 3.63) is 65.7 Å². The normalized spacial score (nSPS) is 12.4. The molecule has 2 N–H and O–H groups in total. The molecule has 1 unspecified atom stereocenters. The van der Waals surface area contributed by atoms with Crippen LogP contribution in [0.3, 0.4) is 0 Å². The van der Waals surface area contributed by atoms with E-state index in [4.69, 9.17) is 10.5 Å². The number of hydrogen-bond acceptors (Lipinski definition) is 2. The van der Waals surface area contributed by atoms with E-state index >= 15 is 0 Å². The lowest BCUT2D eigenvalue weighted by Crippen LogP contribution is -2.15. The van der Waals surface area contributed by atoms with Gasteiger partial charge in [0, 0.05) is 5.92 Å². The van der Waals surface area contributed by atoms with Crippen LogP contribution in [0.15, 0.2) is 54.6 Å². The Morgan fingerprint density at radius 1 is 1.00 bits per heavy atom. The van der Waals surface area contributed by atoms with E-state index in [9.17, 15) is 0 Å². The van der Waals surface area contributed by atoms with Crippen molar-refractivity contribution < 1.29 is 4.74 Å². The Labute approximate surface area is 121 Å². The lowest BCUT2D eigenvalue weighted by atomic mass is 9.92. The Morgan fingerprint density at radius 3 is 2.40 bits per heavy atom. The van der Waals surface area contributed by atoms with Crippen LogP contribution in [0.2, 0.25) is 0 Å². The van der Waals surface area contributed by atoms with Crippen molar-refractivity contribution in [3.8, 4) is 5.75 Å². The third kappa shape index (κ3) is 4.10. The molecule has 20 heavy (non-hydrogen) atoms. The van der Waals surface area contributed by atoms with Crippen LogP contribution >= 0.6 is 0 Å². The molecule has 2 rings (SSSR count). The van der Waals surface area contributed by atoms with E-state index in [0.717, 1.165) is 12.2 Å². The standard InChI is InChI=1S/C18H23NO/c1-14(2)20-18-10-6-7-15(12-18)11-17(13-19)16-8-4-3-5-9-16/h3-10,12,14,17H,11,13,19H2,1-2H3. The molecular formula is C18H23NO. The predicted octanol–water partition coefficient (Wildman–Crippen LogP) is 3.76. The lowest BCUT2D eigenvalue weighted by Gasteiger charge is -2.16. The van der Waals surface area contributed by atoms with Crippen molar-refractivity contribution in [1.29, 1.82) is 0 Å². The molecule has 0 heterocycles. The van der Waals surface area contributed by atoms with Gasteiger partial charge >= 0.3 is 0 Å². The first-order valence-corrected chi connectivity index (χ1v) is 7.19. The van der Waals surface area contributed by atoms with Crippen molar-refractivity contribution in [2.45, 2.75) is 32.3 Å². The smallest absolute Gasteiger partial charge is 0.119 e. The highest BCUT2D eigenvalue weighted by Crippen LogP contribution is 2.22. The zero-order valence-corrected chi connectivity index (χ0v) is 12.3. The Morgan fingerprint density at radius 2 is 1.75 bits per heavy atom. The van der Waals surface area contributed by atoms with Crippen LogP contribution in [0.4, 0.5) is 0 Å². The summed E-state index contributed by atoms with van der Waals surface area (Å²) in [5.41, 5.74) is 8.50. The number of nitrogens with two attached hydrogens (primary N) is 1. The summed E-state index contributed by atoms with van der Waals surface area (Å²) in [5, 5.41) is 0. The summed E-state index contributed by atoms with van der Waals surface area (Å²) in [6.07, 6.45) is 1.14. The van der Waals surface area contributed by atoms with Crippen molar-refractivity contribution in [2.24, 2.45) is 5.73 Å². The summed E-state index contributed by atoms with van der Waals surface area (Å²) in [6, 6.07) is 18.8. The van der Waals surface area contributed by atoms with Gasteiger partial charge in [0.1, 0.15) is 5.75 Å². The molecule has 106 valence electrons. The number of benzene rings is 2. The first kappa shape index (κ1) is 14.6. The molecule has 0 spiro atoms. The van der Waals surface area contributed by atoms with Crippen LogP contribution in [0.25, 0.3) is 0 Å². The summed E-state index contributed by atoms with van der Waals surface area (Å²) in [4.78, 5) is 0. The zero-order chi connectivity index (χ0) is 14.4. The Kier molecular flexibility index (Phi) is 5.19. The van der Waals surface area contributed by atoms with Gasteiger partial charge in [0.05, 0.1) is 6.10 Å². The summed E-state index contributed by atoms with van der Waals surface area (Å²) in [7, 11) is 0. The second-order valence-corrected chi connectivity index (χ2v) is 5.36. The molecule has 0 radical (unpaired) electrons. The molecule has 0 amide bonds. The highest BCUT2D eigenvalue weighted by atomic mass is 16.5. The first-order chi connectivity index (χ1) is 9.69. The maximum absolute atomic E-state index is 5.94. The quantitative estimate of drug-likeness (QED) is 0.866. The van der Waals surface area contributed by atoms with Gasteiger partial charge in [0.25, 0.3) is 0 Å². The van der Waals surface area contributed by atoms with E-state index in [1.165, 1.54) is 11.1 Å². The van der Waals surface area contributed by atoms with Gasteiger partial charge < -0.3 is 10.5 Å². The van der Waals surface area contributed by atoms with Crippen LogP contribution in [0, 0.1) is 0 Å². The molecule has 2 aromatic rings. The minimum atomic E-state index is 0.199. The van der Waals surface area contributed by atoms with E-state index in [1.54, 1.807) is 0 Å². The van der Waals surface area contributed by atoms with Gasteiger partial charge in [-0.05, 0) is 50.1 Å². The van der Waals surface area contributed by atoms with Crippen molar-refractivity contribution in [3.63, 3.8) is 0 Å². The van der Waals surface area contributed by atoms with Crippen LogP contribution in [0.1, 0.15) is 30.9 Å². The second kappa shape index (κ2) is 7.11. The minimum absolute atomic E-state index is 0.199. The fourth-order valence-electron chi connectivity index (χ4n) is 2.36. The molecule has 0 aliphatic heterocycles. The average molecular weight is 269 g/mol. The Hall–Kier alpha value is -1.80. The fourth-order valence-corrected chi connectivity index (χ4v) is 2.36. The van der Waals surface area contributed by atoms with Gasteiger partial charge in [-0.3, -0.25) is 0 Å². The second-order valence-electron chi connectivity index (χ2n) is 5.36. The highest BCUT2D eigenvalue weighted by molar-refractivity contribution is 5.31. The molecule has 0 aromatic heterocycles. The molecule has 2 aromatic carbocycles. The minimum Gasteiger partial charge on any atom is -0.491 e. The fraction of sp³-hybridized carbons (Fsp3) is 0.333. The van der Waals surface area contributed by atoms with E-state index in [1.807, 2.05) is 32.0 Å². The summed E-state index contributed by atoms with van der Waals surface area (Å²) < 4.78 is 5.74. The lowest BCUT2D eigenvalue weighted by molar-refractivity contribution is 0.242. The summed E-state index contributed by atoms with van der Waals surface area (Å²) in [6.45, 7) is 4.73. The van der Waals surface area contributed by atoms with E-state index in [-0.39, 0.29) is 6.10 Å². The Bertz CT molecular complexity index is 522. The summed E-state index contributed by atoms with van der Waals surface area (Å²) in [5.74, 6) is 1.28. The van der Waals surface area contributed by atoms with Gasteiger partial charge in [-0.25, -0.2) is 0 Å². The molecule has 2 nitrogen and oxygen atoms in total. The largest absolute Gasteiger partial charge is 0.491 e. The molecule has 0 aliphatic carbocycles. The third-order valence-electron chi connectivity index (χ3n) is 3.31. The SMILES string of the molecule is CC(C)Oc1cccc(CC(CN)c2ccccc2)c1. The monoisotopic (exact) mass is 269 g/mol. The Balaban J connectivity index is 2.12. The van der Waals surface area contributed by atoms with Crippen LogP contribution in [-0.4, -0.2) is 12.6 Å². The van der Waals surface area contributed by atoms with Crippen molar-refractivity contribution >= 4 is 0 Å². The highest BCUT2D eigenvalue weighted by Gasteiger charge is 2.11. The van der Waals surface area contributed by atoms with Gasteiger partial charge in [-0.1, -0.05) is 42.5 Å². The van der Waals surface area contributed by atoms with E-state index in [0.29, 0.717) is 12.5 Å². The van der Waals surface area contributed by atoms with Gasteiger partial charge in [0.15, 0.2) is 0 Å². The topological polar surface area (TPSA) is 35.2 Å². The predicted molar refractivity (Wildman–Crippen MR) is 84.1 cm³/mol. The molecule has 2 heteroatoms. The molecule has 0 aliphatic rings. The van der Waals surface area contributed by atoms with Gasteiger partial charge in [-0.2, -0.15) is 0 Å². The molecule has 1 atom stereocenters. The van der Waals surface area contributed by atoms with Gasteiger partial charge in [-0.15, -0.1) is 0 Å². The summed E-state index contributed by atoms with van der Waals surface area (Å²) >= 11 is 0. The van der Waals surface area contributed by atoms with Crippen LogP contribution in [0.5, 0.6) is 5.75 Å². The van der Waals surface area contributed by atoms with Crippen molar-refractivity contribution in [1.82, 2.24) is 0 Å². The number of rotatable bonds is 6. The maximum atomic E-state index is 5.94. The maximum Gasteiger partial charge on any atom is 0.119 e. The molecule has 0 fully saturated rings. The average Bonchev–Trinajstić information content (AvgIpc) is 2.45. The van der Waals surface area contributed by atoms with Gasteiger partial charge in [0.2, 0.25) is 0 Å². The zero-order valence-electron chi connectivity index (χ0n) is 12.3. The van der Waals surface area contributed by atoms with Crippen LogP contribution < -0.4 is 10.5 Å². The number of hydrogen-bond donors (Lipinski definition) is 1. The van der Waals surface area contributed by atoms with Crippen LogP contribution in [-0.2, 0) is 6.42 Å². The van der Waals surface area contributed by atoms with Crippen molar-refractivity contribution in [2.75, 3.05) is 6.54 Å². The molecular weight excluding hydrogens is 246 g/mol. The third-order valence-corrected chi connectivity index (χ3v) is 3.31. The van der Waals surface area contributed by atoms with E-state index < -0.39 is 0 Å². The first-order valence-electron chi connectivity index (χ1n) is 7.19. The van der Waals surface area contributed by atoms with E-state index in [2.05, 4.69) is 36.4 Å².